The highest BCUT2D eigenvalue weighted by Crippen LogP contribution is 2.05. The quantitative estimate of drug-likeness (QED) is 0.702. The van der Waals surface area contributed by atoms with Gasteiger partial charge in [-0.15, -0.1) is 10.2 Å². The highest BCUT2D eigenvalue weighted by atomic mass is 16.5. The third kappa shape index (κ3) is 1.93. The van der Waals surface area contributed by atoms with Crippen molar-refractivity contribution in [1.29, 1.82) is 0 Å². The van der Waals surface area contributed by atoms with Gasteiger partial charge < -0.3 is 14.6 Å². The van der Waals surface area contributed by atoms with Gasteiger partial charge in [0.25, 0.3) is 0 Å². The maximum absolute atomic E-state index is 5.60. The minimum Gasteiger partial charge on any atom is -0.375 e. The van der Waals surface area contributed by atoms with E-state index in [-0.39, 0.29) is 6.10 Å². The van der Waals surface area contributed by atoms with E-state index in [1.165, 1.54) is 0 Å². The smallest absolute Gasteiger partial charge is 0.135 e. The van der Waals surface area contributed by atoms with Crippen molar-refractivity contribution < 1.29 is 4.74 Å². The second kappa shape index (κ2) is 4.06. The summed E-state index contributed by atoms with van der Waals surface area (Å²) in [4.78, 5) is 0. The zero-order chi connectivity index (χ0) is 9.97. The predicted molar refractivity (Wildman–Crippen MR) is 52.1 cm³/mol. The highest BCUT2D eigenvalue weighted by molar-refractivity contribution is 4.95. The van der Waals surface area contributed by atoms with Gasteiger partial charge >= 0.3 is 0 Å². The fourth-order valence-electron chi connectivity index (χ4n) is 1.58. The van der Waals surface area contributed by atoms with Gasteiger partial charge in [0.15, 0.2) is 0 Å². The molecule has 1 aliphatic rings. The third-order valence-electron chi connectivity index (χ3n) is 2.60. The Balaban J connectivity index is 1.99. The summed E-state index contributed by atoms with van der Waals surface area (Å²) in [5, 5.41) is 11.4. The number of nitrogens with zero attached hydrogens (tertiary/aromatic N) is 3. The predicted octanol–water partition coefficient (Wildman–Crippen LogP) is -0.346. The molecule has 0 amide bonds. The van der Waals surface area contributed by atoms with Crippen LogP contribution in [0.1, 0.15) is 11.6 Å². The van der Waals surface area contributed by atoms with Crippen molar-refractivity contribution in [1.82, 2.24) is 20.1 Å². The molecule has 0 spiro atoms. The molecule has 0 aliphatic carbocycles. The van der Waals surface area contributed by atoms with Crippen LogP contribution >= 0.6 is 0 Å². The molecule has 1 N–H and O–H groups in total. The fraction of sp³-hybridized carbons (Fsp3) is 0.778. The lowest BCUT2D eigenvalue weighted by Crippen LogP contribution is -2.40. The first-order valence-corrected chi connectivity index (χ1v) is 4.94. The van der Waals surface area contributed by atoms with Crippen LogP contribution in [0.2, 0.25) is 0 Å². The van der Waals surface area contributed by atoms with Crippen molar-refractivity contribution in [3.05, 3.63) is 11.6 Å². The molecule has 5 heteroatoms. The van der Waals surface area contributed by atoms with E-state index in [2.05, 4.69) is 15.5 Å². The average molecular weight is 196 g/mol. The molecule has 1 unspecified atom stereocenters. The number of aryl methyl sites for hydroxylation is 1. The Morgan fingerprint density at radius 1 is 1.57 bits per heavy atom. The average Bonchev–Trinajstić information content (AvgIpc) is 2.52. The minimum atomic E-state index is 0.242. The van der Waals surface area contributed by atoms with Crippen molar-refractivity contribution in [3.8, 4) is 0 Å². The van der Waals surface area contributed by atoms with Gasteiger partial charge in [-0.2, -0.15) is 0 Å². The molecule has 14 heavy (non-hydrogen) atoms. The summed E-state index contributed by atoms with van der Waals surface area (Å²) in [6.07, 6.45) is 1.08. The number of morpholine rings is 1. The molecular formula is C9H16N4O. The summed E-state index contributed by atoms with van der Waals surface area (Å²) < 4.78 is 7.61. The van der Waals surface area contributed by atoms with Crippen molar-refractivity contribution in [2.24, 2.45) is 7.05 Å². The number of nitrogens with one attached hydrogen (secondary N) is 1. The van der Waals surface area contributed by atoms with Gasteiger partial charge in [-0.05, 0) is 6.92 Å². The number of aromatic nitrogens is 3. The van der Waals surface area contributed by atoms with Crippen LogP contribution in [0.25, 0.3) is 0 Å². The summed E-state index contributed by atoms with van der Waals surface area (Å²) in [7, 11) is 1.99. The molecule has 1 atom stereocenters. The van der Waals surface area contributed by atoms with Crippen LogP contribution in [0, 0.1) is 6.92 Å². The SMILES string of the molecule is Cc1nnc(CC2CNCCO2)n1C. The van der Waals surface area contributed by atoms with Gasteiger partial charge in [0.05, 0.1) is 12.7 Å². The van der Waals surface area contributed by atoms with Crippen molar-refractivity contribution in [3.63, 3.8) is 0 Å². The van der Waals surface area contributed by atoms with Crippen molar-refractivity contribution >= 4 is 0 Å². The molecule has 1 fully saturated rings. The Hall–Kier alpha value is -0.940. The highest BCUT2D eigenvalue weighted by Gasteiger charge is 2.17. The lowest BCUT2D eigenvalue weighted by molar-refractivity contribution is 0.0276. The standard InChI is InChI=1S/C9H16N4O/c1-7-11-12-9(13(7)2)5-8-6-10-3-4-14-8/h8,10H,3-6H2,1-2H3. The largest absolute Gasteiger partial charge is 0.375 e. The lowest BCUT2D eigenvalue weighted by Gasteiger charge is -2.22. The first kappa shape index (κ1) is 9.61. The molecule has 2 rings (SSSR count). The van der Waals surface area contributed by atoms with E-state index < -0.39 is 0 Å². The Morgan fingerprint density at radius 2 is 2.43 bits per heavy atom. The molecule has 0 aromatic carbocycles. The second-order valence-corrected chi connectivity index (χ2v) is 3.62. The lowest BCUT2D eigenvalue weighted by atomic mass is 10.2. The molecule has 5 nitrogen and oxygen atoms in total. The van der Waals surface area contributed by atoms with Crippen LogP contribution in [-0.2, 0) is 18.2 Å². The normalized spacial score (nSPS) is 22.6. The van der Waals surface area contributed by atoms with E-state index in [9.17, 15) is 0 Å². The first-order chi connectivity index (χ1) is 6.77. The van der Waals surface area contributed by atoms with Gasteiger partial charge in [-0.1, -0.05) is 0 Å². The summed E-state index contributed by atoms with van der Waals surface area (Å²) in [6, 6.07) is 0. The molecule has 2 heterocycles. The van der Waals surface area contributed by atoms with E-state index >= 15 is 0 Å². The summed E-state index contributed by atoms with van der Waals surface area (Å²) in [5.41, 5.74) is 0. The Bertz CT molecular complexity index is 304. The Morgan fingerprint density at radius 3 is 3.00 bits per heavy atom. The van der Waals surface area contributed by atoms with Gasteiger partial charge in [0.2, 0.25) is 0 Å². The van der Waals surface area contributed by atoms with Gasteiger partial charge in [-0.3, -0.25) is 0 Å². The molecule has 1 aromatic rings. The number of ether oxygens (including phenoxy) is 1. The molecule has 0 radical (unpaired) electrons. The molecular weight excluding hydrogens is 180 g/mol. The Kier molecular flexibility index (Phi) is 2.79. The Labute approximate surface area is 83.5 Å². The maximum atomic E-state index is 5.60. The van der Waals surface area contributed by atoms with Crippen LogP contribution < -0.4 is 5.32 Å². The zero-order valence-electron chi connectivity index (χ0n) is 8.66. The number of hydrogen-bond donors (Lipinski definition) is 1. The topological polar surface area (TPSA) is 52.0 Å². The van der Waals surface area contributed by atoms with Crippen LogP contribution in [0.4, 0.5) is 0 Å². The maximum Gasteiger partial charge on any atom is 0.135 e. The zero-order valence-corrected chi connectivity index (χ0v) is 8.66. The van der Waals surface area contributed by atoms with Crippen molar-refractivity contribution in [2.75, 3.05) is 19.7 Å². The summed E-state index contributed by atoms with van der Waals surface area (Å²) in [5.74, 6) is 1.94. The third-order valence-corrected chi connectivity index (χ3v) is 2.60. The molecule has 78 valence electrons. The van der Waals surface area contributed by atoms with Gasteiger partial charge in [0.1, 0.15) is 11.6 Å². The molecule has 0 bridgehead atoms. The number of hydrogen-bond acceptors (Lipinski definition) is 4. The van der Waals surface area contributed by atoms with Crippen molar-refractivity contribution in [2.45, 2.75) is 19.4 Å². The monoisotopic (exact) mass is 196 g/mol. The van der Waals surface area contributed by atoms with Gasteiger partial charge in [-0.25, -0.2) is 0 Å². The van der Waals surface area contributed by atoms with Crippen LogP contribution in [0.3, 0.4) is 0 Å². The molecule has 1 aliphatic heterocycles. The minimum absolute atomic E-state index is 0.242. The first-order valence-electron chi connectivity index (χ1n) is 4.94. The molecule has 1 saturated heterocycles. The van der Waals surface area contributed by atoms with Crippen LogP contribution in [-0.4, -0.2) is 40.6 Å². The van der Waals surface area contributed by atoms with E-state index in [0.29, 0.717) is 0 Å². The van der Waals surface area contributed by atoms with Crippen LogP contribution in [0.5, 0.6) is 0 Å². The molecule has 1 aromatic heterocycles. The van der Waals surface area contributed by atoms with E-state index in [4.69, 9.17) is 4.74 Å². The van der Waals surface area contributed by atoms with Crippen LogP contribution in [0.15, 0.2) is 0 Å². The summed E-state index contributed by atoms with van der Waals surface area (Å²) in [6.45, 7) is 4.61. The van der Waals surface area contributed by atoms with E-state index in [0.717, 1.165) is 37.8 Å². The summed E-state index contributed by atoms with van der Waals surface area (Å²) >= 11 is 0. The molecule has 0 saturated carbocycles. The fourth-order valence-corrected chi connectivity index (χ4v) is 1.58. The van der Waals surface area contributed by atoms with E-state index in [1.54, 1.807) is 0 Å². The number of rotatable bonds is 2. The second-order valence-electron chi connectivity index (χ2n) is 3.62. The van der Waals surface area contributed by atoms with Gasteiger partial charge in [0, 0.05) is 26.6 Å². The van der Waals surface area contributed by atoms with E-state index in [1.807, 2.05) is 18.5 Å².